The smallest absolute Gasteiger partial charge is 0.233 e. The van der Waals surface area contributed by atoms with Gasteiger partial charge in [-0.3, -0.25) is 4.79 Å². The monoisotopic (exact) mass is 312 g/mol. The number of hydrogen-bond acceptors (Lipinski definition) is 2. The molecule has 1 aromatic carbocycles. The van der Waals surface area contributed by atoms with Gasteiger partial charge in [0.2, 0.25) is 5.91 Å². The Balaban J connectivity index is 2.99. The molecule has 0 aliphatic carbocycles. The highest BCUT2D eigenvalue weighted by atomic mass is 35.5. The maximum atomic E-state index is 12.6. The standard InChI is InChI=1S/C15H21ClN2OS/c1-9(2)13(14(17)20)15(19)18(4)10(3)11-7-5-6-8-12(11)16/h5-10,13H,1-4H3,(H2,17,20). The Morgan fingerprint density at radius 3 is 2.30 bits per heavy atom. The molecule has 0 saturated heterocycles. The lowest BCUT2D eigenvalue weighted by Crippen LogP contribution is -2.42. The number of carbonyl (C=O) groups is 1. The number of rotatable bonds is 5. The maximum absolute atomic E-state index is 12.6. The van der Waals surface area contributed by atoms with E-state index in [4.69, 9.17) is 29.6 Å². The molecule has 2 atom stereocenters. The molecule has 0 spiro atoms. The first-order valence-corrected chi connectivity index (χ1v) is 7.36. The van der Waals surface area contributed by atoms with E-state index in [0.29, 0.717) is 5.02 Å². The van der Waals surface area contributed by atoms with E-state index in [9.17, 15) is 4.79 Å². The van der Waals surface area contributed by atoms with Crippen LogP contribution in [0.4, 0.5) is 0 Å². The second kappa shape index (κ2) is 7.04. The zero-order valence-electron chi connectivity index (χ0n) is 12.3. The molecule has 0 saturated carbocycles. The van der Waals surface area contributed by atoms with Crippen LogP contribution < -0.4 is 5.73 Å². The van der Waals surface area contributed by atoms with Gasteiger partial charge >= 0.3 is 0 Å². The first-order valence-electron chi connectivity index (χ1n) is 6.57. The van der Waals surface area contributed by atoms with Crippen LogP contribution in [0.25, 0.3) is 0 Å². The highest BCUT2D eigenvalue weighted by Crippen LogP contribution is 2.28. The summed E-state index contributed by atoms with van der Waals surface area (Å²) in [6.45, 7) is 5.82. The van der Waals surface area contributed by atoms with E-state index in [1.54, 1.807) is 11.9 Å². The Morgan fingerprint density at radius 1 is 1.30 bits per heavy atom. The minimum Gasteiger partial charge on any atom is -0.393 e. The van der Waals surface area contributed by atoms with E-state index in [1.165, 1.54) is 0 Å². The van der Waals surface area contributed by atoms with Crippen LogP contribution in [0.2, 0.25) is 5.02 Å². The SMILES string of the molecule is CC(C)C(C(=O)N(C)C(C)c1ccccc1Cl)C(N)=S. The van der Waals surface area contributed by atoms with Gasteiger partial charge in [0.05, 0.1) is 16.9 Å². The zero-order chi connectivity index (χ0) is 15.4. The molecule has 20 heavy (non-hydrogen) atoms. The number of nitrogens with two attached hydrogens (primary N) is 1. The van der Waals surface area contributed by atoms with Crippen LogP contribution in [0.3, 0.4) is 0 Å². The Bertz CT molecular complexity index is 504. The largest absolute Gasteiger partial charge is 0.393 e. The summed E-state index contributed by atoms with van der Waals surface area (Å²) >= 11 is 11.2. The summed E-state index contributed by atoms with van der Waals surface area (Å²) in [6.07, 6.45) is 0. The molecule has 110 valence electrons. The molecule has 1 aromatic rings. The van der Waals surface area contributed by atoms with E-state index in [2.05, 4.69) is 0 Å². The van der Waals surface area contributed by atoms with Gasteiger partial charge in [0, 0.05) is 12.1 Å². The minimum atomic E-state index is -0.445. The van der Waals surface area contributed by atoms with Gasteiger partial charge in [-0.1, -0.05) is 55.9 Å². The molecule has 0 fully saturated rings. The second-order valence-electron chi connectivity index (χ2n) is 5.27. The van der Waals surface area contributed by atoms with Gasteiger partial charge in [0.15, 0.2) is 0 Å². The number of thiocarbonyl (C=S) groups is 1. The van der Waals surface area contributed by atoms with E-state index in [1.807, 2.05) is 45.0 Å². The van der Waals surface area contributed by atoms with Crippen molar-refractivity contribution in [2.45, 2.75) is 26.8 Å². The Hall–Kier alpha value is -1.13. The fraction of sp³-hybridized carbons (Fsp3) is 0.467. The van der Waals surface area contributed by atoms with Gasteiger partial charge < -0.3 is 10.6 Å². The summed E-state index contributed by atoms with van der Waals surface area (Å²) in [5.74, 6) is -0.444. The van der Waals surface area contributed by atoms with Crippen molar-refractivity contribution in [3.05, 3.63) is 34.9 Å². The summed E-state index contributed by atoms with van der Waals surface area (Å²) in [5, 5.41) is 0.649. The number of carbonyl (C=O) groups excluding carboxylic acids is 1. The van der Waals surface area contributed by atoms with Crippen LogP contribution in [0.15, 0.2) is 24.3 Å². The quantitative estimate of drug-likeness (QED) is 0.847. The topological polar surface area (TPSA) is 46.3 Å². The van der Waals surface area contributed by atoms with Crippen LogP contribution in [0.5, 0.6) is 0 Å². The first kappa shape index (κ1) is 16.9. The highest BCUT2D eigenvalue weighted by Gasteiger charge is 2.30. The first-order chi connectivity index (χ1) is 9.27. The maximum Gasteiger partial charge on any atom is 0.233 e. The molecule has 0 aromatic heterocycles. The number of halogens is 1. The lowest BCUT2D eigenvalue weighted by Gasteiger charge is -2.30. The molecule has 2 N–H and O–H groups in total. The normalized spacial score (nSPS) is 13.9. The molecule has 0 bridgehead atoms. The van der Waals surface area contributed by atoms with Crippen LogP contribution in [0, 0.1) is 11.8 Å². The predicted molar refractivity (Wildman–Crippen MR) is 87.8 cm³/mol. The molecule has 1 amide bonds. The van der Waals surface area contributed by atoms with Gasteiger partial charge in [-0.25, -0.2) is 0 Å². The van der Waals surface area contributed by atoms with E-state index < -0.39 is 5.92 Å². The third kappa shape index (κ3) is 3.70. The van der Waals surface area contributed by atoms with Crippen LogP contribution in [0.1, 0.15) is 32.4 Å². The second-order valence-corrected chi connectivity index (χ2v) is 6.15. The summed E-state index contributed by atoms with van der Waals surface area (Å²) in [5.41, 5.74) is 6.62. The van der Waals surface area contributed by atoms with Crippen molar-refractivity contribution in [3.8, 4) is 0 Å². The Kier molecular flexibility index (Phi) is 5.96. The third-order valence-electron chi connectivity index (χ3n) is 3.52. The minimum absolute atomic E-state index is 0.0695. The summed E-state index contributed by atoms with van der Waals surface area (Å²) in [7, 11) is 1.75. The lowest BCUT2D eigenvalue weighted by atomic mass is 9.93. The Labute approximate surface area is 131 Å². The fourth-order valence-corrected chi connectivity index (χ4v) is 2.83. The van der Waals surface area contributed by atoms with E-state index >= 15 is 0 Å². The van der Waals surface area contributed by atoms with E-state index in [0.717, 1.165) is 5.56 Å². The van der Waals surface area contributed by atoms with Gasteiger partial charge in [0.25, 0.3) is 0 Å². The van der Waals surface area contributed by atoms with Crippen LogP contribution >= 0.6 is 23.8 Å². The molecule has 0 aliphatic heterocycles. The molecule has 0 heterocycles. The van der Waals surface area contributed by atoms with Crippen molar-refractivity contribution >= 4 is 34.7 Å². The van der Waals surface area contributed by atoms with Gasteiger partial charge in [-0.15, -0.1) is 0 Å². The van der Waals surface area contributed by atoms with Crippen molar-refractivity contribution in [1.82, 2.24) is 4.90 Å². The van der Waals surface area contributed by atoms with Crippen LogP contribution in [-0.4, -0.2) is 22.8 Å². The molecule has 2 unspecified atom stereocenters. The average Bonchev–Trinajstić information content (AvgIpc) is 2.36. The highest BCUT2D eigenvalue weighted by molar-refractivity contribution is 7.80. The molecule has 5 heteroatoms. The summed E-state index contributed by atoms with van der Waals surface area (Å²) < 4.78 is 0. The molecular weight excluding hydrogens is 292 g/mol. The number of benzene rings is 1. The van der Waals surface area contributed by atoms with Crippen molar-refractivity contribution in [3.63, 3.8) is 0 Å². The molecule has 1 rings (SSSR count). The van der Waals surface area contributed by atoms with Crippen molar-refractivity contribution in [1.29, 1.82) is 0 Å². The van der Waals surface area contributed by atoms with E-state index in [-0.39, 0.29) is 22.9 Å². The number of nitrogens with zero attached hydrogens (tertiary/aromatic N) is 1. The van der Waals surface area contributed by atoms with Gasteiger partial charge in [0.1, 0.15) is 0 Å². The van der Waals surface area contributed by atoms with Crippen molar-refractivity contribution in [2.75, 3.05) is 7.05 Å². The number of hydrogen-bond donors (Lipinski definition) is 1. The summed E-state index contributed by atoms with van der Waals surface area (Å²) in [6, 6.07) is 7.38. The lowest BCUT2D eigenvalue weighted by molar-refractivity contribution is -0.135. The number of amides is 1. The van der Waals surface area contributed by atoms with Crippen molar-refractivity contribution < 1.29 is 4.79 Å². The van der Waals surface area contributed by atoms with Crippen LogP contribution in [-0.2, 0) is 4.79 Å². The average molecular weight is 313 g/mol. The summed E-state index contributed by atoms with van der Waals surface area (Å²) in [4.78, 5) is 14.5. The Morgan fingerprint density at radius 2 is 1.85 bits per heavy atom. The molecule has 3 nitrogen and oxygen atoms in total. The third-order valence-corrected chi connectivity index (χ3v) is 4.12. The zero-order valence-corrected chi connectivity index (χ0v) is 13.8. The van der Waals surface area contributed by atoms with Gasteiger partial charge in [-0.05, 0) is 24.5 Å². The fourth-order valence-electron chi connectivity index (χ4n) is 2.17. The predicted octanol–water partition coefficient (Wildman–Crippen LogP) is 3.42. The van der Waals surface area contributed by atoms with Crippen molar-refractivity contribution in [2.24, 2.45) is 17.6 Å². The van der Waals surface area contributed by atoms with Gasteiger partial charge in [-0.2, -0.15) is 0 Å². The molecular formula is C15H21ClN2OS. The molecule has 0 aliphatic rings. The molecule has 0 radical (unpaired) electrons.